The highest BCUT2D eigenvalue weighted by Gasteiger charge is 2.31. The number of benzene rings is 1. The molecule has 1 saturated carbocycles. The van der Waals surface area contributed by atoms with Gasteiger partial charge in [0.1, 0.15) is 18.2 Å². The van der Waals surface area contributed by atoms with Crippen LogP contribution in [-0.4, -0.2) is 23.4 Å². The maximum absolute atomic E-state index is 13.4. The molecule has 0 radical (unpaired) electrons. The maximum atomic E-state index is 13.4. The van der Waals surface area contributed by atoms with E-state index in [1.165, 1.54) is 11.0 Å². The van der Waals surface area contributed by atoms with E-state index >= 15 is 0 Å². The third kappa shape index (κ3) is 3.16. The maximum Gasteiger partial charge on any atom is 0.247 e. The first-order valence-corrected chi connectivity index (χ1v) is 5.93. The Bertz CT molecular complexity index is 539. The average molecular weight is 262 g/mol. The van der Waals surface area contributed by atoms with Crippen molar-refractivity contribution in [1.29, 1.82) is 5.26 Å². The third-order valence-corrected chi connectivity index (χ3v) is 2.90. The molecule has 0 heterocycles. The molecular formula is C14H12F2N2O. The summed E-state index contributed by atoms with van der Waals surface area (Å²) in [5, 5.41) is 8.65. The van der Waals surface area contributed by atoms with Crippen molar-refractivity contribution < 1.29 is 13.6 Å². The predicted octanol–water partition coefficient (Wildman–Crippen LogP) is 2.49. The van der Waals surface area contributed by atoms with Crippen molar-refractivity contribution in [2.24, 2.45) is 0 Å². The fourth-order valence-electron chi connectivity index (χ4n) is 1.77. The summed E-state index contributed by atoms with van der Waals surface area (Å²) in [5.41, 5.74) is -0.247. The molecule has 0 bridgehead atoms. The van der Waals surface area contributed by atoms with E-state index in [-0.39, 0.29) is 18.2 Å². The zero-order chi connectivity index (χ0) is 13.8. The summed E-state index contributed by atoms with van der Waals surface area (Å²) in [7, 11) is 0. The Balaban J connectivity index is 2.13. The highest BCUT2D eigenvalue weighted by molar-refractivity contribution is 5.92. The Hall–Kier alpha value is -2.22. The van der Waals surface area contributed by atoms with Crippen molar-refractivity contribution in [2.45, 2.75) is 18.9 Å². The molecule has 5 heteroatoms. The number of carbonyl (C=O) groups excluding carboxylic acids is 1. The van der Waals surface area contributed by atoms with E-state index in [4.69, 9.17) is 5.26 Å². The van der Waals surface area contributed by atoms with Gasteiger partial charge in [0.05, 0.1) is 6.07 Å². The number of amides is 1. The minimum Gasteiger partial charge on any atom is -0.323 e. The molecule has 0 spiro atoms. The van der Waals surface area contributed by atoms with Crippen LogP contribution in [0.4, 0.5) is 8.78 Å². The number of nitriles is 1. The number of nitrogens with zero attached hydrogens (tertiary/aromatic N) is 2. The second-order valence-electron chi connectivity index (χ2n) is 4.32. The molecule has 0 aliphatic heterocycles. The van der Waals surface area contributed by atoms with Gasteiger partial charge < -0.3 is 4.90 Å². The van der Waals surface area contributed by atoms with Gasteiger partial charge >= 0.3 is 0 Å². The lowest BCUT2D eigenvalue weighted by Crippen LogP contribution is -2.31. The van der Waals surface area contributed by atoms with Gasteiger partial charge in [-0.1, -0.05) is 6.07 Å². The van der Waals surface area contributed by atoms with E-state index in [9.17, 15) is 13.6 Å². The molecular weight excluding hydrogens is 250 g/mol. The minimum atomic E-state index is -0.720. The number of rotatable bonds is 4. The van der Waals surface area contributed by atoms with Crippen LogP contribution in [0.25, 0.3) is 6.08 Å². The van der Waals surface area contributed by atoms with Crippen LogP contribution in [0, 0.1) is 23.0 Å². The van der Waals surface area contributed by atoms with Gasteiger partial charge in [0.2, 0.25) is 5.91 Å². The normalized spacial score (nSPS) is 14.4. The van der Waals surface area contributed by atoms with Gasteiger partial charge in [0.25, 0.3) is 0 Å². The zero-order valence-corrected chi connectivity index (χ0v) is 10.1. The van der Waals surface area contributed by atoms with Crippen LogP contribution < -0.4 is 0 Å². The SMILES string of the molecule is N#CCN(C(=O)/C=C\c1c(F)cccc1F)C1CC1. The summed E-state index contributed by atoms with van der Waals surface area (Å²) in [5.74, 6) is -1.84. The number of carbonyl (C=O) groups is 1. The largest absolute Gasteiger partial charge is 0.323 e. The lowest BCUT2D eigenvalue weighted by molar-refractivity contribution is -0.125. The lowest BCUT2D eigenvalue weighted by Gasteiger charge is -2.16. The van der Waals surface area contributed by atoms with Crippen molar-refractivity contribution in [3.05, 3.63) is 41.5 Å². The highest BCUT2D eigenvalue weighted by atomic mass is 19.1. The first kappa shape index (κ1) is 13.2. The van der Waals surface area contributed by atoms with Crippen LogP contribution in [0.2, 0.25) is 0 Å². The van der Waals surface area contributed by atoms with Crippen molar-refractivity contribution in [3.8, 4) is 6.07 Å². The molecule has 1 aliphatic rings. The first-order valence-electron chi connectivity index (χ1n) is 5.93. The highest BCUT2D eigenvalue weighted by Crippen LogP contribution is 2.26. The van der Waals surface area contributed by atoms with Crippen LogP contribution in [0.1, 0.15) is 18.4 Å². The Morgan fingerprint density at radius 2 is 2.05 bits per heavy atom. The van der Waals surface area contributed by atoms with Gasteiger partial charge in [0, 0.05) is 17.7 Å². The molecule has 1 amide bonds. The molecule has 1 aromatic carbocycles. The number of halogens is 2. The first-order chi connectivity index (χ1) is 9.13. The fourth-order valence-corrected chi connectivity index (χ4v) is 1.77. The smallest absolute Gasteiger partial charge is 0.247 e. The molecule has 0 aromatic heterocycles. The Labute approximate surface area is 109 Å². The van der Waals surface area contributed by atoms with E-state index < -0.39 is 17.5 Å². The van der Waals surface area contributed by atoms with Crippen LogP contribution in [0.3, 0.4) is 0 Å². The average Bonchev–Trinajstić information content (AvgIpc) is 3.19. The molecule has 2 rings (SSSR count). The van der Waals surface area contributed by atoms with Crippen molar-refractivity contribution in [2.75, 3.05) is 6.54 Å². The van der Waals surface area contributed by atoms with E-state index in [0.29, 0.717) is 0 Å². The van der Waals surface area contributed by atoms with Crippen LogP contribution in [0.15, 0.2) is 24.3 Å². The molecule has 1 fully saturated rings. The topological polar surface area (TPSA) is 44.1 Å². The van der Waals surface area contributed by atoms with Crippen molar-refractivity contribution in [1.82, 2.24) is 4.90 Å². The van der Waals surface area contributed by atoms with Crippen molar-refractivity contribution in [3.63, 3.8) is 0 Å². The van der Waals surface area contributed by atoms with E-state index in [0.717, 1.165) is 37.1 Å². The zero-order valence-electron chi connectivity index (χ0n) is 10.1. The number of hydrogen-bond acceptors (Lipinski definition) is 2. The van der Waals surface area contributed by atoms with E-state index in [1.807, 2.05) is 6.07 Å². The quantitative estimate of drug-likeness (QED) is 0.618. The molecule has 0 unspecified atom stereocenters. The van der Waals surface area contributed by atoms with E-state index in [1.54, 1.807) is 0 Å². The van der Waals surface area contributed by atoms with Crippen molar-refractivity contribution >= 4 is 12.0 Å². The van der Waals surface area contributed by atoms with Crippen LogP contribution in [-0.2, 0) is 4.79 Å². The summed E-state index contributed by atoms with van der Waals surface area (Å²) < 4.78 is 26.7. The Morgan fingerprint density at radius 3 is 2.58 bits per heavy atom. The van der Waals surface area contributed by atoms with Gasteiger partial charge in [0.15, 0.2) is 0 Å². The monoisotopic (exact) mass is 262 g/mol. The summed E-state index contributed by atoms with van der Waals surface area (Å²) in [6.45, 7) is -0.00636. The van der Waals surface area contributed by atoms with Gasteiger partial charge in [-0.25, -0.2) is 8.78 Å². The predicted molar refractivity (Wildman–Crippen MR) is 65.7 cm³/mol. The van der Waals surface area contributed by atoms with Gasteiger partial charge in [-0.15, -0.1) is 0 Å². The summed E-state index contributed by atoms with van der Waals surface area (Å²) in [4.78, 5) is 13.3. The molecule has 0 saturated heterocycles. The minimum absolute atomic E-state index is 0.00636. The van der Waals surface area contributed by atoms with Gasteiger partial charge in [-0.2, -0.15) is 5.26 Å². The number of hydrogen-bond donors (Lipinski definition) is 0. The molecule has 98 valence electrons. The van der Waals surface area contributed by atoms with E-state index in [2.05, 4.69) is 0 Å². The molecule has 19 heavy (non-hydrogen) atoms. The molecule has 3 nitrogen and oxygen atoms in total. The Morgan fingerprint density at radius 1 is 1.42 bits per heavy atom. The molecule has 1 aliphatic carbocycles. The lowest BCUT2D eigenvalue weighted by atomic mass is 10.2. The fraction of sp³-hybridized carbons (Fsp3) is 0.286. The van der Waals surface area contributed by atoms with Crippen LogP contribution in [0.5, 0.6) is 0 Å². The summed E-state index contributed by atoms with van der Waals surface area (Å²) in [6, 6.07) is 5.51. The summed E-state index contributed by atoms with van der Waals surface area (Å²) >= 11 is 0. The van der Waals surface area contributed by atoms with Gasteiger partial charge in [-0.05, 0) is 31.1 Å². The van der Waals surface area contributed by atoms with Gasteiger partial charge in [-0.3, -0.25) is 4.79 Å². The molecule has 0 atom stereocenters. The Kier molecular flexibility index (Phi) is 3.91. The standard InChI is InChI=1S/C14H12F2N2O/c15-12-2-1-3-13(16)11(12)6-7-14(19)18(9-8-17)10-4-5-10/h1-3,6-7,10H,4-5,9H2/b7-6-. The third-order valence-electron chi connectivity index (χ3n) is 2.90. The summed E-state index contributed by atoms with van der Waals surface area (Å²) in [6.07, 6.45) is 3.96. The second-order valence-corrected chi connectivity index (χ2v) is 4.32. The molecule has 1 aromatic rings. The molecule has 0 N–H and O–H groups in total. The van der Waals surface area contributed by atoms with Crippen LogP contribution >= 0.6 is 0 Å². The second kappa shape index (κ2) is 5.61.